The van der Waals surface area contributed by atoms with Gasteiger partial charge in [0.25, 0.3) is 11.5 Å². The summed E-state index contributed by atoms with van der Waals surface area (Å²) in [6.45, 7) is 8.79. The lowest BCUT2D eigenvalue weighted by molar-refractivity contribution is -0.275. The van der Waals surface area contributed by atoms with Crippen LogP contribution in [0.4, 0.5) is 50.9 Å². The van der Waals surface area contributed by atoms with Gasteiger partial charge in [-0.3, -0.25) is 24.6 Å². The van der Waals surface area contributed by atoms with E-state index in [0.29, 0.717) is 34.7 Å². The number of aromatic carboxylic acids is 1. The van der Waals surface area contributed by atoms with E-state index in [1.165, 1.54) is 96.3 Å². The zero-order valence-electron chi connectivity index (χ0n) is 52.7. The Kier molecular flexibility index (Phi) is 25.5. The molecule has 0 unspecified atom stereocenters. The molecular formula is C66H61ClF9N13O11. The number of aromatic nitrogens is 7. The topological polar surface area (TPSA) is 299 Å². The second kappa shape index (κ2) is 34.3. The van der Waals surface area contributed by atoms with Crippen LogP contribution < -0.4 is 52.0 Å². The summed E-state index contributed by atoms with van der Waals surface area (Å²) < 4.78 is 133. The van der Waals surface area contributed by atoms with Crippen molar-refractivity contribution >= 4 is 34.9 Å². The minimum atomic E-state index is -4.77. The molecule has 2 aliphatic heterocycles. The lowest BCUT2D eigenvalue weighted by atomic mass is 10.1. The van der Waals surface area contributed by atoms with E-state index in [2.05, 4.69) is 115 Å². The summed E-state index contributed by atoms with van der Waals surface area (Å²) in [5, 5.41) is 24.0. The molecule has 12 rings (SSSR count). The second-order valence-corrected chi connectivity index (χ2v) is 21.9. The Bertz CT molecular complexity index is 4440. The van der Waals surface area contributed by atoms with Crippen LogP contribution in [0.1, 0.15) is 31.8 Å². The van der Waals surface area contributed by atoms with E-state index in [0.717, 1.165) is 94.1 Å². The molecule has 1 amide bonds. The Labute approximate surface area is 566 Å². The molecule has 2 aliphatic rings. The highest BCUT2D eigenvalue weighted by atomic mass is 35.5. The van der Waals surface area contributed by atoms with Crippen molar-refractivity contribution in [2.45, 2.75) is 31.5 Å². The number of aromatic amines is 2. The van der Waals surface area contributed by atoms with Crippen LogP contribution in [0.15, 0.2) is 200 Å². The fourth-order valence-corrected chi connectivity index (χ4v) is 9.45. The molecule has 6 N–H and O–H groups in total. The highest BCUT2D eigenvalue weighted by Crippen LogP contribution is 2.31. The number of carboxylic acids is 1. The molecule has 5 aromatic heterocycles. The lowest BCUT2D eigenvalue weighted by Gasteiger charge is -2.34. The fourth-order valence-electron chi connectivity index (χ4n) is 9.29. The first-order valence-electron chi connectivity index (χ1n) is 29.7. The predicted octanol–water partition coefficient (Wildman–Crippen LogP) is 10.7. The number of halogens is 10. The number of rotatable bonds is 14. The largest absolute Gasteiger partial charge is 0.573 e. The maximum Gasteiger partial charge on any atom is 0.573 e. The first-order valence-corrected chi connectivity index (χ1v) is 30.3. The summed E-state index contributed by atoms with van der Waals surface area (Å²) >= 11 is 5.83. The van der Waals surface area contributed by atoms with E-state index in [4.69, 9.17) is 31.4 Å². The van der Waals surface area contributed by atoms with Crippen LogP contribution in [0.25, 0.3) is 45.8 Å². The summed E-state index contributed by atoms with van der Waals surface area (Å²) in [6.07, 6.45) is -10.0. The number of ether oxygens (including phenoxy) is 3. The molecule has 0 atom stereocenters. The van der Waals surface area contributed by atoms with Crippen molar-refractivity contribution in [1.82, 2.24) is 50.2 Å². The van der Waals surface area contributed by atoms with Gasteiger partial charge in [0.1, 0.15) is 17.2 Å². The number of hydrazine groups is 1. The maximum atomic E-state index is 12.6. The number of nitrogen functional groups attached to an aromatic ring is 1. The number of carbonyl (C=O) groups is 2. The van der Waals surface area contributed by atoms with Gasteiger partial charge in [0, 0.05) is 123 Å². The highest BCUT2D eigenvalue weighted by molar-refractivity contribution is 6.17. The molecule has 7 heterocycles. The summed E-state index contributed by atoms with van der Waals surface area (Å²) in [5.74, 6) is 3.33. The van der Waals surface area contributed by atoms with Crippen LogP contribution in [-0.2, 0) is 12.4 Å². The van der Waals surface area contributed by atoms with Gasteiger partial charge in [0.2, 0.25) is 34.7 Å². The number of nitrogens with zero attached hydrogens (tertiary/aromatic N) is 9. The number of anilines is 2. The quantitative estimate of drug-likeness (QED) is 0.0222. The molecule has 0 saturated carbocycles. The van der Waals surface area contributed by atoms with Gasteiger partial charge in [-0.05, 0) is 140 Å². The number of benzene rings is 5. The summed E-state index contributed by atoms with van der Waals surface area (Å²) in [7, 11) is 4.29. The number of nitrogens with two attached hydrogens (primary N) is 1. The SMILES string of the molecule is CN1CCN(c2cccc(CCl)c2)CC1.CN1CCN(c2cccc(Cn3cc(-c4nnc(-c5ccc(OC(F)(F)F)cc5)o4)ccc3=O)c2)CC1.NNC(=O)c1ccc(OC(F)(F)F)cc1.O=C(O)c1ccc(=O)[nH]c1.O=c1ccc(-c2nnc(-c3ccc(OC(F)(F)F)cc3)o2)c[nH]1. The zero-order valence-corrected chi connectivity index (χ0v) is 53.5. The number of likely N-dealkylation sites (N-methyl/N-ethyl adjacent to an activating group) is 2. The summed E-state index contributed by atoms with van der Waals surface area (Å²) in [4.78, 5) is 69.2. The Morgan fingerprint density at radius 1 is 0.520 bits per heavy atom. The van der Waals surface area contributed by atoms with Crippen molar-refractivity contribution in [3.05, 3.63) is 230 Å². The van der Waals surface area contributed by atoms with Crippen LogP contribution in [0.2, 0.25) is 0 Å². The number of amides is 1. The van der Waals surface area contributed by atoms with Gasteiger partial charge in [-0.15, -0.1) is 71.5 Å². The number of hydrogen-bond donors (Lipinski definition) is 5. The second-order valence-electron chi connectivity index (χ2n) is 21.6. The van der Waals surface area contributed by atoms with Gasteiger partial charge >= 0.3 is 25.1 Å². The van der Waals surface area contributed by atoms with Crippen molar-refractivity contribution in [3.63, 3.8) is 0 Å². The molecule has 526 valence electrons. The molecule has 10 aromatic rings. The van der Waals surface area contributed by atoms with Gasteiger partial charge in [0.15, 0.2) is 0 Å². The number of nitrogens with one attached hydrogen (secondary N) is 3. The van der Waals surface area contributed by atoms with Crippen LogP contribution in [-0.4, -0.2) is 147 Å². The van der Waals surface area contributed by atoms with Crippen LogP contribution in [0.3, 0.4) is 0 Å². The number of alkyl halides is 10. The Balaban J connectivity index is 0.000000173. The minimum Gasteiger partial charge on any atom is -0.478 e. The van der Waals surface area contributed by atoms with E-state index >= 15 is 0 Å². The van der Waals surface area contributed by atoms with Gasteiger partial charge in [-0.25, -0.2) is 10.6 Å². The summed E-state index contributed by atoms with van der Waals surface area (Å²) in [5.41, 5.74) is 7.88. The lowest BCUT2D eigenvalue weighted by Crippen LogP contribution is -2.44. The third-order valence-electron chi connectivity index (χ3n) is 14.4. The van der Waals surface area contributed by atoms with Crippen molar-refractivity contribution in [3.8, 4) is 63.1 Å². The van der Waals surface area contributed by atoms with Crippen LogP contribution >= 0.6 is 11.6 Å². The molecule has 2 fully saturated rings. The predicted molar refractivity (Wildman–Crippen MR) is 348 cm³/mol. The molecule has 24 nitrogen and oxygen atoms in total. The molecule has 5 aromatic carbocycles. The van der Waals surface area contributed by atoms with E-state index in [1.807, 2.05) is 17.6 Å². The number of piperazine rings is 2. The number of carbonyl (C=O) groups excluding carboxylic acids is 1. The standard InChI is InChI=1S/C26H24F3N5O3.C14H8F3N3O3.C12H17ClN2.C8H7F3N2O2.C6H5NO3/c1-32-11-13-33(14-12-32)21-4-2-3-18(15-21)16-34-17-20(7-10-23(34)35)25-31-30-24(36-25)19-5-8-22(9-6-19)37-26(27,28)29;15-14(16,17)23-10-4-1-8(2-5-10)12-19-20-13(22-12)9-3-6-11(21)18-7-9;1-14-5-7-15(8-6-14)12-4-2-3-11(9-12)10-13;9-8(10,11)15-6-3-1-5(2-4-6)7(14)13-12;8-5-2-1-4(3-7-5)6(9)10/h2-10,15,17H,11-14,16H2,1H3;1-7H,(H,18,21);2-4,9H,5-8,10H2,1H3;1-4H,12H2,(H,13,14);1-3H,(H,7,8)(H,9,10). The minimum absolute atomic E-state index is 0.0830. The first-order chi connectivity index (χ1) is 47.5. The Hall–Kier alpha value is -11.3. The molecule has 0 aliphatic carbocycles. The van der Waals surface area contributed by atoms with E-state index < -0.39 is 36.7 Å². The normalized spacial score (nSPS) is 13.3. The maximum absolute atomic E-state index is 12.6. The van der Waals surface area contributed by atoms with E-state index in [9.17, 15) is 63.5 Å². The van der Waals surface area contributed by atoms with Gasteiger partial charge < -0.3 is 62.3 Å². The Morgan fingerprint density at radius 3 is 1.32 bits per heavy atom. The molecular weight excluding hydrogens is 1360 g/mol. The summed E-state index contributed by atoms with van der Waals surface area (Å²) in [6, 6.07) is 39.5. The number of pyridine rings is 3. The van der Waals surface area contributed by atoms with Crippen molar-refractivity contribution < 1.29 is 77.3 Å². The molecule has 0 bridgehead atoms. The van der Waals surface area contributed by atoms with Crippen molar-refractivity contribution in [2.75, 3.05) is 76.3 Å². The molecule has 100 heavy (non-hydrogen) atoms. The van der Waals surface area contributed by atoms with Gasteiger partial charge in [-0.1, -0.05) is 24.3 Å². The van der Waals surface area contributed by atoms with Crippen molar-refractivity contribution in [1.29, 1.82) is 0 Å². The zero-order chi connectivity index (χ0) is 72.2. The highest BCUT2D eigenvalue weighted by Gasteiger charge is 2.33. The molecule has 0 spiro atoms. The molecule has 2 saturated heterocycles. The monoisotopic (exact) mass is 1420 g/mol. The average Bonchev–Trinajstić information content (AvgIpc) is 1.74. The van der Waals surface area contributed by atoms with Crippen LogP contribution in [0.5, 0.6) is 17.2 Å². The van der Waals surface area contributed by atoms with Gasteiger partial charge in [0.05, 0.1) is 23.2 Å². The first kappa shape index (κ1) is 74.5. The van der Waals surface area contributed by atoms with E-state index in [1.54, 1.807) is 16.8 Å². The molecule has 34 heteroatoms. The number of H-pyrrole nitrogens is 2. The smallest absolute Gasteiger partial charge is 0.478 e. The Morgan fingerprint density at radius 2 is 0.910 bits per heavy atom. The molecule has 0 radical (unpaired) electrons. The number of hydrogen-bond acceptors (Lipinski definition) is 19. The number of carboxylic acid groups (broad SMARTS) is 1. The average molecular weight is 1420 g/mol. The van der Waals surface area contributed by atoms with Crippen molar-refractivity contribution in [2.24, 2.45) is 5.84 Å². The van der Waals surface area contributed by atoms with Gasteiger partial charge in [-0.2, -0.15) is 0 Å². The third-order valence-corrected chi connectivity index (χ3v) is 14.7. The third kappa shape index (κ3) is 23.5. The fraction of sp³-hybridized carbons (Fsp3) is 0.227. The van der Waals surface area contributed by atoms with E-state index in [-0.39, 0.29) is 62.9 Å². The van der Waals surface area contributed by atoms with Crippen LogP contribution in [0, 0.1) is 0 Å².